The van der Waals surface area contributed by atoms with Gasteiger partial charge in [-0.2, -0.15) is 0 Å². The maximum atomic E-state index is 10.8. The van der Waals surface area contributed by atoms with Gasteiger partial charge in [-0.25, -0.2) is 0 Å². The van der Waals surface area contributed by atoms with Gasteiger partial charge in [0.25, 0.3) is 0 Å². The molecule has 0 heterocycles. The summed E-state index contributed by atoms with van der Waals surface area (Å²) in [4.78, 5) is 10.8. The van der Waals surface area contributed by atoms with Crippen molar-refractivity contribution in [1.82, 2.24) is 0 Å². The van der Waals surface area contributed by atoms with Gasteiger partial charge in [0.05, 0.1) is 0 Å². The molecule has 0 N–H and O–H groups in total. The van der Waals surface area contributed by atoms with Crippen LogP contribution < -0.4 is 4.74 Å². The minimum Gasteiger partial charge on any atom is -0.427 e. The summed E-state index contributed by atoms with van der Waals surface area (Å²) in [7, 11) is 0. The van der Waals surface area contributed by atoms with Crippen LogP contribution in [0.5, 0.6) is 5.75 Å². The number of rotatable bonds is 3. The molecule has 2 aromatic carbocycles. The summed E-state index contributed by atoms with van der Waals surface area (Å²) in [5, 5.41) is 0. The van der Waals surface area contributed by atoms with Crippen LogP contribution in [0, 0.1) is 0 Å². The molecule has 0 saturated carbocycles. The smallest absolute Gasteiger partial charge is 0.308 e. The molecule has 0 aliphatic rings. The number of benzene rings is 2. The first-order valence-corrected chi connectivity index (χ1v) is 5.70. The van der Waals surface area contributed by atoms with Gasteiger partial charge >= 0.3 is 5.97 Å². The van der Waals surface area contributed by atoms with Crippen LogP contribution in [-0.4, -0.2) is 5.97 Å². The van der Waals surface area contributed by atoms with E-state index >= 15 is 0 Å². The van der Waals surface area contributed by atoms with Gasteiger partial charge in [-0.15, -0.1) is 0 Å². The second kappa shape index (κ2) is 5.32. The van der Waals surface area contributed by atoms with E-state index in [0.29, 0.717) is 5.75 Å². The topological polar surface area (TPSA) is 26.3 Å². The van der Waals surface area contributed by atoms with Crippen molar-refractivity contribution in [2.45, 2.75) is 6.92 Å². The van der Waals surface area contributed by atoms with Crippen molar-refractivity contribution in [3.8, 4) is 16.9 Å². The average molecular weight is 238 g/mol. The number of hydrogen-bond acceptors (Lipinski definition) is 2. The number of ether oxygens (including phenoxy) is 1. The van der Waals surface area contributed by atoms with Gasteiger partial charge in [-0.1, -0.05) is 49.1 Å². The van der Waals surface area contributed by atoms with Crippen LogP contribution in [0.3, 0.4) is 0 Å². The standard InChI is InChI=1S/C16H14O2/c1-3-13-4-6-14(7-5-13)15-8-10-16(11-9-15)18-12(2)17/h3-11H,1H2,2H3. The lowest BCUT2D eigenvalue weighted by Gasteiger charge is -2.04. The van der Waals surface area contributed by atoms with Crippen LogP contribution in [0.15, 0.2) is 55.1 Å². The van der Waals surface area contributed by atoms with Gasteiger partial charge < -0.3 is 4.74 Å². The second-order valence-electron chi connectivity index (χ2n) is 3.94. The highest BCUT2D eigenvalue weighted by atomic mass is 16.5. The van der Waals surface area contributed by atoms with E-state index in [0.717, 1.165) is 16.7 Å². The van der Waals surface area contributed by atoms with E-state index in [1.54, 1.807) is 12.1 Å². The molecule has 2 nitrogen and oxygen atoms in total. The first-order chi connectivity index (χ1) is 8.69. The quantitative estimate of drug-likeness (QED) is 0.598. The third-order valence-electron chi connectivity index (χ3n) is 2.60. The Morgan fingerprint density at radius 3 is 1.94 bits per heavy atom. The normalized spacial score (nSPS) is 9.83. The molecular weight excluding hydrogens is 224 g/mol. The molecule has 0 atom stereocenters. The van der Waals surface area contributed by atoms with Crippen LogP contribution in [0.4, 0.5) is 0 Å². The highest BCUT2D eigenvalue weighted by Gasteiger charge is 2.00. The van der Waals surface area contributed by atoms with Crippen LogP contribution in [0.2, 0.25) is 0 Å². The Labute approximate surface area is 107 Å². The number of carbonyl (C=O) groups excluding carboxylic acids is 1. The van der Waals surface area contributed by atoms with E-state index in [-0.39, 0.29) is 5.97 Å². The molecule has 2 heteroatoms. The van der Waals surface area contributed by atoms with E-state index in [4.69, 9.17) is 4.74 Å². The van der Waals surface area contributed by atoms with Crippen molar-refractivity contribution in [3.63, 3.8) is 0 Å². The van der Waals surface area contributed by atoms with Gasteiger partial charge in [0, 0.05) is 6.92 Å². The molecule has 0 radical (unpaired) electrons. The molecule has 90 valence electrons. The molecule has 0 aromatic heterocycles. The van der Waals surface area contributed by atoms with E-state index in [1.165, 1.54) is 6.92 Å². The fourth-order valence-electron chi connectivity index (χ4n) is 1.69. The Balaban J connectivity index is 2.22. The Morgan fingerprint density at radius 2 is 1.50 bits per heavy atom. The Kier molecular flexibility index (Phi) is 3.58. The first-order valence-electron chi connectivity index (χ1n) is 5.70. The van der Waals surface area contributed by atoms with E-state index in [2.05, 4.69) is 6.58 Å². The minimum atomic E-state index is -0.307. The molecule has 0 amide bonds. The number of carbonyl (C=O) groups is 1. The fraction of sp³-hybridized carbons (Fsp3) is 0.0625. The van der Waals surface area contributed by atoms with Crippen LogP contribution in [0.1, 0.15) is 12.5 Å². The van der Waals surface area contributed by atoms with Crippen molar-refractivity contribution in [3.05, 3.63) is 60.7 Å². The minimum absolute atomic E-state index is 0.307. The highest BCUT2D eigenvalue weighted by molar-refractivity contribution is 5.70. The van der Waals surface area contributed by atoms with Gasteiger partial charge in [0.2, 0.25) is 0 Å². The molecule has 2 rings (SSSR count). The van der Waals surface area contributed by atoms with Crippen molar-refractivity contribution in [2.24, 2.45) is 0 Å². The molecule has 18 heavy (non-hydrogen) atoms. The lowest BCUT2D eigenvalue weighted by Crippen LogP contribution is -2.00. The fourth-order valence-corrected chi connectivity index (χ4v) is 1.69. The zero-order valence-corrected chi connectivity index (χ0v) is 10.2. The van der Waals surface area contributed by atoms with Crippen molar-refractivity contribution >= 4 is 12.0 Å². The molecule has 0 aliphatic heterocycles. The Bertz CT molecular complexity index is 551. The first kappa shape index (κ1) is 12.1. The Hall–Kier alpha value is -2.35. The van der Waals surface area contributed by atoms with Gasteiger partial charge in [-0.3, -0.25) is 4.79 Å². The summed E-state index contributed by atoms with van der Waals surface area (Å²) in [5.41, 5.74) is 3.30. The van der Waals surface area contributed by atoms with Gasteiger partial charge in [0.15, 0.2) is 0 Å². The summed E-state index contributed by atoms with van der Waals surface area (Å²) in [5.74, 6) is 0.257. The molecule has 2 aromatic rings. The van der Waals surface area contributed by atoms with Crippen LogP contribution in [0.25, 0.3) is 17.2 Å². The van der Waals surface area contributed by atoms with E-state index in [1.807, 2.05) is 42.5 Å². The van der Waals surface area contributed by atoms with Crippen LogP contribution in [-0.2, 0) is 4.79 Å². The van der Waals surface area contributed by atoms with E-state index < -0.39 is 0 Å². The molecule has 0 bridgehead atoms. The summed E-state index contributed by atoms with van der Waals surface area (Å²) in [6.07, 6.45) is 1.81. The van der Waals surface area contributed by atoms with Gasteiger partial charge in [0.1, 0.15) is 5.75 Å². The maximum absolute atomic E-state index is 10.8. The molecule has 0 fully saturated rings. The SMILES string of the molecule is C=Cc1ccc(-c2ccc(OC(C)=O)cc2)cc1. The summed E-state index contributed by atoms with van der Waals surface area (Å²) < 4.78 is 4.99. The van der Waals surface area contributed by atoms with Crippen molar-refractivity contribution in [1.29, 1.82) is 0 Å². The van der Waals surface area contributed by atoms with Crippen molar-refractivity contribution < 1.29 is 9.53 Å². The monoisotopic (exact) mass is 238 g/mol. The summed E-state index contributed by atoms with van der Waals surface area (Å²) in [6.45, 7) is 5.11. The lowest BCUT2D eigenvalue weighted by molar-refractivity contribution is -0.131. The van der Waals surface area contributed by atoms with Crippen molar-refractivity contribution in [2.75, 3.05) is 0 Å². The Morgan fingerprint density at radius 1 is 1.00 bits per heavy atom. The molecule has 0 aliphatic carbocycles. The summed E-state index contributed by atoms with van der Waals surface area (Å²) in [6, 6.07) is 15.6. The predicted octanol–water partition coefficient (Wildman–Crippen LogP) is 3.92. The molecule has 0 unspecified atom stereocenters. The molecular formula is C16H14O2. The highest BCUT2D eigenvalue weighted by Crippen LogP contribution is 2.23. The lowest BCUT2D eigenvalue weighted by atomic mass is 10.0. The van der Waals surface area contributed by atoms with Gasteiger partial charge in [-0.05, 0) is 28.8 Å². The second-order valence-corrected chi connectivity index (χ2v) is 3.94. The molecule has 0 spiro atoms. The zero-order chi connectivity index (χ0) is 13.0. The average Bonchev–Trinajstić information content (AvgIpc) is 2.39. The number of esters is 1. The maximum Gasteiger partial charge on any atom is 0.308 e. The zero-order valence-electron chi connectivity index (χ0n) is 10.2. The van der Waals surface area contributed by atoms with Crippen LogP contribution >= 0.6 is 0 Å². The third kappa shape index (κ3) is 2.86. The summed E-state index contributed by atoms with van der Waals surface area (Å²) >= 11 is 0. The molecule has 0 saturated heterocycles. The number of hydrogen-bond donors (Lipinski definition) is 0. The van der Waals surface area contributed by atoms with E-state index in [9.17, 15) is 4.79 Å². The largest absolute Gasteiger partial charge is 0.427 e. The predicted molar refractivity (Wildman–Crippen MR) is 73.3 cm³/mol. The third-order valence-corrected chi connectivity index (χ3v) is 2.60.